The highest BCUT2D eigenvalue weighted by molar-refractivity contribution is 7.88. The van der Waals surface area contributed by atoms with Gasteiger partial charge in [-0.15, -0.1) is 0 Å². The third kappa shape index (κ3) is 3.63. The second-order valence-electron chi connectivity index (χ2n) is 6.64. The molecule has 0 amide bonds. The molecule has 0 radical (unpaired) electrons. The van der Waals surface area contributed by atoms with E-state index in [1.54, 1.807) is 6.20 Å². The Morgan fingerprint density at radius 2 is 2.00 bits per heavy atom. The minimum atomic E-state index is -3.14. The number of hydrogen-bond acceptors (Lipinski definition) is 5. The van der Waals surface area contributed by atoms with Crippen molar-refractivity contribution in [1.82, 2.24) is 14.7 Å². The maximum Gasteiger partial charge on any atom is 0.208 e. The van der Waals surface area contributed by atoms with Crippen LogP contribution in [0.2, 0.25) is 5.15 Å². The molecule has 1 saturated heterocycles. The van der Waals surface area contributed by atoms with E-state index in [2.05, 4.69) is 33.4 Å². The Hall–Kier alpha value is -1.44. The van der Waals surface area contributed by atoms with E-state index >= 15 is 0 Å². The number of halogens is 1. The average Bonchev–Trinajstić information content (AvgIpc) is 2.43. The Balaban J connectivity index is 1.83. The molecule has 6 nitrogen and oxygen atoms in total. The fraction of sp³-hybridized carbons (Fsp3) is 0.500. The van der Waals surface area contributed by atoms with Crippen molar-refractivity contribution in [3.8, 4) is 0 Å². The monoisotopic (exact) mass is 368 g/mol. The van der Waals surface area contributed by atoms with Gasteiger partial charge in [0, 0.05) is 43.3 Å². The Morgan fingerprint density at radius 1 is 1.29 bits per heavy atom. The quantitative estimate of drug-likeness (QED) is 0.820. The van der Waals surface area contributed by atoms with E-state index in [9.17, 15) is 8.42 Å². The molecule has 0 spiro atoms. The molecular formula is C16H21ClN4O2S. The minimum Gasteiger partial charge on any atom is -0.355 e. The molecule has 130 valence electrons. The summed E-state index contributed by atoms with van der Waals surface area (Å²) in [6, 6.07) is 1.89. The van der Waals surface area contributed by atoms with Crippen molar-refractivity contribution >= 4 is 38.2 Å². The van der Waals surface area contributed by atoms with Gasteiger partial charge in [-0.3, -0.25) is 0 Å². The van der Waals surface area contributed by atoms with Gasteiger partial charge in [-0.2, -0.15) is 0 Å². The van der Waals surface area contributed by atoms with E-state index < -0.39 is 10.0 Å². The largest absolute Gasteiger partial charge is 0.355 e. The molecular weight excluding hydrogens is 348 g/mol. The second kappa shape index (κ2) is 6.46. The predicted octanol–water partition coefficient (Wildman–Crippen LogP) is 2.39. The Labute approximate surface area is 147 Å². The maximum atomic E-state index is 11.2. The first kappa shape index (κ1) is 17.4. The summed E-state index contributed by atoms with van der Waals surface area (Å²) in [5.74, 6) is 1.52. The van der Waals surface area contributed by atoms with Crippen LogP contribution >= 0.6 is 11.6 Å². The molecule has 0 atom stereocenters. The third-order valence-corrected chi connectivity index (χ3v) is 5.16. The zero-order chi connectivity index (χ0) is 17.5. The molecule has 2 aromatic heterocycles. The molecule has 0 unspecified atom stereocenters. The van der Waals surface area contributed by atoms with Crippen molar-refractivity contribution < 1.29 is 8.42 Å². The van der Waals surface area contributed by atoms with Crippen LogP contribution in [0, 0.1) is 5.92 Å². The van der Waals surface area contributed by atoms with Crippen LogP contribution in [-0.2, 0) is 10.0 Å². The number of pyridine rings is 2. The van der Waals surface area contributed by atoms with Gasteiger partial charge in [-0.05, 0) is 22.9 Å². The molecule has 3 heterocycles. The number of fused-ring (bicyclic) bond motifs is 1. The molecule has 1 aliphatic rings. The van der Waals surface area contributed by atoms with E-state index in [0.29, 0.717) is 23.5 Å². The van der Waals surface area contributed by atoms with Gasteiger partial charge in [-0.25, -0.2) is 23.1 Å². The topological polar surface area (TPSA) is 75.2 Å². The zero-order valence-electron chi connectivity index (χ0n) is 14.0. The molecule has 0 bridgehead atoms. The standard InChI is InChI=1S/C16H21ClN4O2S/c1-10(2)13-6-19-16(14-7-18-15(17)4-12(13)14)21-8-11(9-21)5-20-24(3,22)23/h4,6-7,10-11,20H,5,8-9H2,1-3H3. The fourth-order valence-electron chi connectivity index (χ4n) is 2.97. The molecule has 3 rings (SSSR count). The highest BCUT2D eigenvalue weighted by Crippen LogP contribution is 2.34. The molecule has 0 saturated carbocycles. The third-order valence-electron chi connectivity index (χ3n) is 4.26. The Bertz CT molecular complexity index is 864. The summed E-state index contributed by atoms with van der Waals surface area (Å²) in [6.07, 6.45) is 4.85. The van der Waals surface area contributed by atoms with Gasteiger partial charge in [-0.1, -0.05) is 25.4 Å². The molecule has 1 aliphatic heterocycles. The van der Waals surface area contributed by atoms with Crippen molar-refractivity contribution in [2.45, 2.75) is 19.8 Å². The summed E-state index contributed by atoms with van der Waals surface area (Å²) in [4.78, 5) is 11.0. The summed E-state index contributed by atoms with van der Waals surface area (Å²) >= 11 is 6.07. The summed E-state index contributed by atoms with van der Waals surface area (Å²) in [7, 11) is -3.14. The molecule has 1 N–H and O–H groups in total. The van der Waals surface area contributed by atoms with Crippen LogP contribution in [0.1, 0.15) is 25.3 Å². The lowest BCUT2D eigenvalue weighted by Gasteiger charge is -2.40. The van der Waals surface area contributed by atoms with Crippen molar-refractivity contribution in [1.29, 1.82) is 0 Å². The smallest absolute Gasteiger partial charge is 0.208 e. The number of hydrogen-bond donors (Lipinski definition) is 1. The number of nitrogens with one attached hydrogen (secondary N) is 1. The fourth-order valence-corrected chi connectivity index (χ4v) is 3.67. The summed E-state index contributed by atoms with van der Waals surface area (Å²) < 4.78 is 24.9. The number of nitrogens with zero attached hydrogens (tertiary/aromatic N) is 3. The SMILES string of the molecule is CC(C)c1cnc(N2CC(CNS(C)(=O)=O)C2)c2cnc(Cl)cc12. The average molecular weight is 369 g/mol. The molecule has 0 aliphatic carbocycles. The van der Waals surface area contributed by atoms with Gasteiger partial charge in [0.2, 0.25) is 10.0 Å². The van der Waals surface area contributed by atoms with E-state index in [0.717, 1.165) is 35.2 Å². The number of anilines is 1. The van der Waals surface area contributed by atoms with E-state index in [4.69, 9.17) is 11.6 Å². The van der Waals surface area contributed by atoms with Gasteiger partial charge in [0.05, 0.1) is 6.26 Å². The second-order valence-corrected chi connectivity index (χ2v) is 8.86. The zero-order valence-corrected chi connectivity index (χ0v) is 15.5. The highest BCUT2D eigenvalue weighted by Gasteiger charge is 2.29. The van der Waals surface area contributed by atoms with E-state index in [1.807, 2.05) is 12.3 Å². The van der Waals surface area contributed by atoms with Crippen LogP contribution in [0.15, 0.2) is 18.5 Å². The predicted molar refractivity (Wildman–Crippen MR) is 97.2 cm³/mol. The lowest BCUT2D eigenvalue weighted by atomic mass is 9.97. The van der Waals surface area contributed by atoms with Crippen LogP contribution < -0.4 is 9.62 Å². The van der Waals surface area contributed by atoms with Gasteiger partial charge in [0.25, 0.3) is 0 Å². The lowest BCUT2D eigenvalue weighted by Crippen LogP contribution is -2.51. The van der Waals surface area contributed by atoms with Crippen LogP contribution in [0.4, 0.5) is 5.82 Å². The number of aromatic nitrogens is 2. The first-order chi connectivity index (χ1) is 11.2. The first-order valence-corrected chi connectivity index (χ1v) is 10.2. The molecule has 1 fully saturated rings. The summed E-state index contributed by atoms with van der Waals surface area (Å²) in [6.45, 7) is 6.26. The molecule has 24 heavy (non-hydrogen) atoms. The van der Waals surface area contributed by atoms with Crippen molar-refractivity contribution in [3.05, 3.63) is 29.2 Å². The molecule has 2 aromatic rings. The van der Waals surface area contributed by atoms with Crippen molar-refractivity contribution in [3.63, 3.8) is 0 Å². The minimum absolute atomic E-state index is 0.293. The van der Waals surface area contributed by atoms with Gasteiger partial charge >= 0.3 is 0 Å². The molecule has 8 heteroatoms. The Kier molecular flexibility index (Phi) is 4.68. The number of rotatable bonds is 5. The highest BCUT2D eigenvalue weighted by atomic mass is 35.5. The van der Waals surface area contributed by atoms with Crippen LogP contribution in [0.3, 0.4) is 0 Å². The Morgan fingerprint density at radius 3 is 2.62 bits per heavy atom. The van der Waals surface area contributed by atoms with Gasteiger partial charge in [0.1, 0.15) is 11.0 Å². The van der Waals surface area contributed by atoms with Gasteiger partial charge < -0.3 is 4.90 Å². The normalized spacial score (nSPS) is 16.0. The van der Waals surface area contributed by atoms with Gasteiger partial charge in [0.15, 0.2) is 0 Å². The maximum absolute atomic E-state index is 11.2. The van der Waals surface area contributed by atoms with Crippen LogP contribution in [0.25, 0.3) is 10.8 Å². The van der Waals surface area contributed by atoms with Crippen LogP contribution in [0.5, 0.6) is 0 Å². The van der Waals surface area contributed by atoms with Crippen LogP contribution in [-0.4, -0.2) is 44.3 Å². The molecule has 0 aromatic carbocycles. The summed E-state index contributed by atoms with van der Waals surface area (Å²) in [5.41, 5.74) is 1.15. The van der Waals surface area contributed by atoms with Crippen molar-refractivity contribution in [2.24, 2.45) is 5.92 Å². The summed E-state index contributed by atoms with van der Waals surface area (Å²) in [5, 5.41) is 2.54. The lowest BCUT2D eigenvalue weighted by molar-refractivity contribution is 0.404. The number of sulfonamides is 1. The van der Waals surface area contributed by atoms with Crippen molar-refractivity contribution in [2.75, 3.05) is 30.8 Å². The van der Waals surface area contributed by atoms with E-state index in [1.165, 1.54) is 6.26 Å². The van der Waals surface area contributed by atoms with E-state index in [-0.39, 0.29) is 0 Å². The first-order valence-electron chi connectivity index (χ1n) is 7.88.